The van der Waals surface area contributed by atoms with E-state index in [9.17, 15) is 14.7 Å². The van der Waals surface area contributed by atoms with Crippen molar-refractivity contribution in [2.45, 2.75) is 51.0 Å². The molecule has 0 aromatic carbocycles. The van der Waals surface area contributed by atoms with Crippen LogP contribution in [0.1, 0.15) is 45.4 Å². The van der Waals surface area contributed by atoms with Crippen molar-refractivity contribution in [3.8, 4) is 0 Å². The summed E-state index contributed by atoms with van der Waals surface area (Å²) in [6, 6.07) is 0. The fourth-order valence-corrected chi connectivity index (χ4v) is 4.10. The molecular weight excluding hydrogens is 254 g/mol. The minimum Gasteiger partial charge on any atom is -0.388 e. The maximum atomic E-state index is 12.4. The molecule has 2 unspecified atom stereocenters. The Morgan fingerprint density at radius 1 is 1.25 bits per heavy atom. The number of imide groups is 1. The highest BCUT2D eigenvalue weighted by molar-refractivity contribution is 6.05. The van der Waals surface area contributed by atoms with E-state index in [4.69, 9.17) is 0 Å². The number of carbonyl (C=O) groups is 2. The van der Waals surface area contributed by atoms with Crippen LogP contribution in [0.25, 0.3) is 0 Å². The number of carbonyl (C=O) groups excluding carboxylic acids is 2. The van der Waals surface area contributed by atoms with E-state index >= 15 is 0 Å². The summed E-state index contributed by atoms with van der Waals surface area (Å²) in [4.78, 5) is 26.2. The quantitative estimate of drug-likeness (QED) is 0.619. The number of β-amino-alcohol motifs (C(OH)–C–C–N with tert-alkyl or cyclic N) is 1. The zero-order valence-electron chi connectivity index (χ0n) is 12.0. The number of aliphatic hydroxyl groups is 1. The Balaban J connectivity index is 1.74. The molecule has 2 fully saturated rings. The van der Waals surface area contributed by atoms with Gasteiger partial charge in [0.15, 0.2) is 0 Å². The maximum Gasteiger partial charge on any atom is 0.233 e. The van der Waals surface area contributed by atoms with E-state index in [1.807, 2.05) is 12.2 Å². The lowest BCUT2D eigenvalue weighted by Gasteiger charge is -2.37. The molecule has 1 saturated carbocycles. The van der Waals surface area contributed by atoms with Gasteiger partial charge in [0, 0.05) is 0 Å². The molecule has 0 radical (unpaired) electrons. The van der Waals surface area contributed by atoms with Gasteiger partial charge < -0.3 is 5.11 Å². The van der Waals surface area contributed by atoms with E-state index in [1.54, 1.807) is 0 Å². The van der Waals surface area contributed by atoms with Crippen LogP contribution in [0.5, 0.6) is 0 Å². The molecule has 2 aliphatic carbocycles. The molecule has 20 heavy (non-hydrogen) atoms. The van der Waals surface area contributed by atoms with Crippen LogP contribution in [0, 0.1) is 17.8 Å². The monoisotopic (exact) mass is 277 g/mol. The second-order valence-corrected chi connectivity index (χ2v) is 6.84. The lowest BCUT2D eigenvalue weighted by Crippen LogP contribution is -2.48. The van der Waals surface area contributed by atoms with E-state index < -0.39 is 5.60 Å². The van der Waals surface area contributed by atoms with Crippen LogP contribution in [0.2, 0.25) is 0 Å². The first kappa shape index (κ1) is 13.8. The van der Waals surface area contributed by atoms with E-state index in [1.165, 1.54) is 4.90 Å². The van der Waals surface area contributed by atoms with Crippen LogP contribution in [-0.2, 0) is 9.59 Å². The van der Waals surface area contributed by atoms with Crippen molar-refractivity contribution < 1.29 is 14.7 Å². The molecule has 4 nitrogen and oxygen atoms in total. The second-order valence-electron chi connectivity index (χ2n) is 6.84. The average Bonchev–Trinajstić information content (AvgIpc) is 2.64. The second kappa shape index (κ2) is 4.99. The van der Waals surface area contributed by atoms with Gasteiger partial charge in [-0.15, -0.1) is 0 Å². The predicted molar refractivity (Wildman–Crippen MR) is 74.7 cm³/mol. The zero-order valence-corrected chi connectivity index (χ0v) is 12.0. The molecule has 110 valence electrons. The number of allylic oxidation sites excluding steroid dienone is 2. The first-order valence-corrected chi connectivity index (χ1v) is 7.73. The number of rotatable bonds is 2. The van der Waals surface area contributed by atoms with Crippen molar-refractivity contribution in [3.05, 3.63) is 12.2 Å². The van der Waals surface area contributed by atoms with E-state index in [0.29, 0.717) is 31.6 Å². The number of amides is 2. The van der Waals surface area contributed by atoms with Crippen molar-refractivity contribution in [2.75, 3.05) is 6.54 Å². The standard InChI is InChI=1S/C16H23NO3/c1-11-5-4-8-16(20,9-11)10-17-14(18)12-6-2-3-7-13(12)15(17)19/h2-3,11-13,20H,4-10H2,1H3/t11?,12-,13+,16?. The average molecular weight is 277 g/mol. The van der Waals surface area contributed by atoms with Crippen LogP contribution in [0.3, 0.4) is 0 Å². The molecule has 3 aliphatic rings. The fraction of sp³-hybridized carbons (Fsp3) is 0.750. The highest BCUT2D eigenvalue weighted by atomic mass is 16.3. The Kier molecular flexibility index (Phi) is 3.44. The van der Waals surface area contributed by atoms with Crippen LogP contribution in [0.15, 0.2) is 12.2 Å². The van der Waals surface area contributed by atoms with E-state index in [-0.39, 0.29) is 30.2 Å². The van der Waals surface area contributed by atoms with Gasteiger partial charge in [0.2, 0.25) is 11.8 Å². The van der Waals surface area contributed by atoms with E-state index in [0.717, 1.165) is 12.8 Å². The number of fused-ring (bicyclic) bond motifs is 1. The van der Waals surface area contributed by atoms with Gasteiger partial charge in [-0.05, 0) is 31.6 Å². The molecule has 0 bridgehead atoms. The first-order valence-electron chi connectivity index (χ1n) is 7.73. The lowest BCUT2D eigenvalue weighted by atomic mass is 9.78. The molecule has 4 atom stereocenters. The molecule has 1 N–H and O–H groups in total. The summed E-state index contributed by atoms with van der Waals surface area (Å²) in [5.41, 5.74) is -0.871. The smallest absolute Gasteiger partial charge is 0.233 e. The Morgan fingerprint density at radius 3 is 2.40 bits per heavy atom. The first-order chi connectivity index (χ1) is 9.50. The molecule has 2 amide bonds. The Morgan fingerprint density at radius 2 is 1.85 bits per heavy atom. The maximum absolute atomic E-state index is 12.4. The van der Waals surface area contributed by atoms with E-state index in [2.05, 4.69) is 6.92 Å². The summed E-state index contributed by atoms with van der Waals surface area (Å²) in [6.07, 6.45) is 8.81. The van der Waals surface area contributed by atoms with Gasteiger partial charge >= 0.3 is 0 Å². The van der Waals surface area contributed by atoms with Crippen molar-refractivity contribution in [3.63, 3.8) is 0 Å². The number of nitrogens with zero attached hydrogens (tertiary/aromatic N) is 1. The topological polar surface area (TPSA) is 57.6 Å². The Hall–Kier alpha value is -1.16. The predicted octanol–water partition coefficient (Wildman–Crippen LogP) is 1.88. The third-order valence-electron chi connectivity index (χ3n) is 5.12. The number of likely N-dealkylation sites (tertiary alicyclic amines) is 1. The summed E-state index contributed by atoms with van der Waals surface area (Å²) in [5.74, 6) is -0.0493. The normalized spacial score (nSPS) is 41.1. The summed E-state index contributed by atoms with van der Waals surface area (Å²) >= 11 is 0. The third-order valence-corrected chi connectivity index (χ3v) is 5.12. The van der Waals surface area contributed by atoms with Crippen LogP contribution < -0.4 is 0 Å². The third kappa shape index (κ3) is 2.30. The van der Waals surface area contributed by atoms with Gasteiger partial charge in [-0.1, -0.05) is 31.9 Å². The molecule has 1 aliphatic heterocycles. The molecule has 3 rings (SSSR count). The van der Waals surface area contributed by atoms with Gasteiger partial charge in [0.25, 0.3) is 0 Å². The van der Waals surface area contributed by atoms with Crippen LogP contribution in [-0.4, -0.2) is 34.0 Å². The SMILES string of the molecule is CC1CCCC(O)(CN2C(=O)[C@H]3CC=CC[C@H]3C2=O)C1. The zero-order chi connectivity index (χ0) is 14.3. The van der Waals surface area contributed by atoms with Crippen LogP contribution in [0.4, 0.5) is 0 Å². The number of hydrogen-bond acceptors (Lipinski definition) is 3. The van der Waals surface area contributed by atoms with Gasteiger partial charge in [-0.3, -0.25) is 14.5 Å². The van der Waals surface area contributed by atoms with Gasteiger partial charge in [0.05, 0.1) is 24.0 Å². The van der Waals surface area contributed by atoms with Crippen LogP contribution >= 0.6 is 0 Å². The molecule has 0 aromatic heterocycles. The molecule has 1 heterocycles. The minimum atomic E-state index is -0.871. The largest absolute Gasteiger partial charge is 0.388 e. The van der Waals surface area contributed by atoms with Crippen molar-refractivity contribution in [1.82, 2.24) is 4.90 Å². The molecule has 4 heteroatoms. The number of hydrogen-bond donors (Lipinski definition) is 1. The summed E-state index contributed by atoms with van der Waals surface area (Å²) < 4.78 is 0. The summed E-state index contributed by atoms with van der Waals surface area (Å²) in [7, 11) is 0. The van der Waals surface area contributed by atoms with Gasteiger partial charge in [-0.25, -0.2) is 0 Å². The van der Waals surface area contributed by atoms with Gasteiger partial charge in [0.1, 0.15) is 0 Å². The van der Waals surface area contributed by atoms with Crippen molar-refractivity contribution in [1.29, 1.82) is 0 Å². The Labute approximate surface area is 119 Å². The minimum absolute atomic E-state index is 0.0731. The lowest BCUT2D eigenvalue weighted by molar-refractivity contribution is -0.145. The molecule has 0 aromatic rings. The van der Waals surface area contributed by atoms with Crippen molar-refractivity contribution in [2.24, 2.45) is 17.8 Å². The highest BCUT2D eigenvalue weighted by Gasteiger charge is 2.49. The highest BCUT2D eigenvalue weighted by Crippen LogP contribution is 2.38. The summed E-state index contributed by atoms with van der Waals surface area (Å²) in [5, 5.41) is 10.7. The molecular formula is C16H23NO3. The van der Waals surface area contributed by atoms with Crippen molar-refractivity contribution >= 4 is 11.8 Å². The summed E-state index contributed by atoms with van der Waals surface area (Å²) in [6.45, 7) is 2.32. The van der Waals surface area contributed by atoms with Gasteiger partial charge in [-0.2, -0.15) is 0 Å². The Bertz CT molecular complexity index is 433. The molecule has 0 spiro atoms. The molecule has 1 saturated heterocycles. The fourth-order valence-electron chi connectivity index (χ4n) is 4.10.